The maximum atomic E-state index is 13.2. The molecule has 0 bridgehead atoms. The Morgan fingerprint density at radius 3 is 2.03 bits per heavy atom. The van der Waals surface area contributed by atoms with Gasteiger partial charge in [0.2, 0.25) is 11.9 Å². The van der Waals surface area contributed by atoms with Gasteiger partial charge in [-0.2, -0.15) is 0 Å². The molecule has 34 heavy (non-hydrogen) atoms. The molecule has 2 aromatic rings. The van der Waals surface area contributed by atoms with E-state index in [1.165, 1.54) is 24.3 Å². The lowest BCUT2D eigenvalue weighted by atomic mass is 9.92. The number of ether oxygens (including phenoxy) is 5. The van der Waals surface area contributed by atoms with Crippen LogP contribution in [-0.4, -0.2) is 40.9 Å². The molecule has 1 aliphatic rings. The molecular weight excluding hydrogens is 452 g/mol. The molecule has 0 radical (unpaired) electrons. The zero-order chi connectivity index (χ0) is 25.2. The van der Waals surface area contributed by atoms with Crippen molar-refractivity contribution in [3.8, 4) is 28.7 Å². The molecule has 0 spiro atoms. The first-order valence-electron chi connectivity index (χ1n) is 9.90. The number of phenols is 1. The zero-order valence-corrected chi connectivity index (χ0v) is 18.6. The van der Waals surface area contributed by atoms with Crippen LogP contribution in [-0.2, 0) is 23.9 Å². The summed E-state index contributed by atoms with van der Waals surface area (Å²) >= 11 is 0. The topological polar surface area (TPSA) is 152 Å². The van der Waals surface area contributed by atoms with Crippen molar-refractivity contribution in [2.75, 3.05) is 0 Å². The highest BCUT2D eigenvalue weighted by molar-refractivity contribution is 6.06. The maximum Gasteiger partial charge on any atom is 0.308 e. The molecule has 0 saturated heterocycles. The van der Waals surface area contributed by atoms with E-state index < -0.39 is 47.6 Å². The van der Waals surface area contributed by atoms with Crippen LogP contribution >= 0.6 is 0 Å². The van der Waals surface area contributed by atoms with Gasteiger partial charge >= 0.3 is 23.9 Å². The minimum absolute atomic E-state index is 0.0622. The number of aromatic hydroxyl groups is 1. The molecule has 0 unspecified atom stereocenters. The van der Waals surface area contributed by atoms with Crippen molar-refractivity contribution < 1.29 is 52.8 Å². The van der Waals surface area contributed by atoms with Crippen molar-refractivity contribution in [3.05, 3.63) is 41.5 Å². The normalized spacial score (nSPS) is 16.5. The van der Waals surface area contributed by atoms with Crippen LogP contribution in [0, 0.1) is 0 Å². The lowest BCUT2D eigenvalue weighted by molar-refractivity contribution is -0.149. The van der Waals surface area contributed by atoms with Gasteiger partial charge in [-0.25, -0.2) is 0 Å². The fraction of sp³-hybridized carbons (Fsp3) is 0.261. The number of hydrogen-bond acceptors (Lipinski definition) is 11. The predicted octanol–water partition coefficient (Wildman–Crippen LogP) is 2.42. The van der Waals surface area contributed by atoms with Crippen LogP contribution in [0.5, 0.6) is 28.7 Å². The molecule has 0 aromatic heterocycles. The van der Waals surface area contributed by atoms with Crippen molar-refractivity contribution in [3.63, 3.8) is 0 Å². The number of rotatable bonds is 5. The second-order valence-electron chi connectivity index (χ2n) is 7.24. The molecule has 11 heteroatoms. The molecule has 0 fully saturated rings. The quantitative estimate of drug-likeness (QED) is 0.504. The molecule has 0 amide bonds. The molecule has 1 heterocycles. The van der Waals surface area contributed by atoms with E-state index >= 15 is 0 Å². The van der Waals surface area contributed by atoms with E-state index in [1.807, 2.05) is 0 Å². The smallest absolute Gasteiger partial charge is 0.308 e. The maximum absolute atomic E-state index is 13.2. The van der Waals surface area contributed by atoms with E-state index in [1.54, 1.807) is 0 Å². The molecule has 0 saturated carbocycles. The Bertz CT molecular complexity index is 1200. The van der Waals surface area contributed by atoms with Gasteiger partial charge in [0.15, 0.2) is 17.6 Å². The second-order valence-corrected chi connectivity index (χ2v) is 7.24. The van der Waals surface area contributed by atoms with Crippen LogP contribution in [0.3, 0.4) is 0 Å². The Labute approximate surface area is 193 Å². The summed E-state index contributed by atoms with van der Waals surface area (Å²) in [5.74, 6) is -4.54. The van der Waals surface area contributed by atoms with Gasteiger partial charge in [-0.15, -0.1) is 0 Å². The van der Waals surface area contributed by atoms with Crippen LogP contribution in [0.4, 0.5) is 0 Å². The molecule has 11 nitrogen and oxygen atoms in total. The first-order chi connectivity index (χ1) is 16.0. The van der Waals surface area contributed by atoms with Gasteiger partial charge in [-0.3, -0.25) is 24.0 Å². The SMILES string of the molecule is CC(=O)Oc1cc(O)c2c(c1)O[C@H](c1ccc(OC(C)=O)c(OC(C)=O)c1)[C@H](OC(C)=O)C2=O. The van der Waals surface area contributed by atoms with Crippen LogP contribution in [0.25, 0.3) is 0 Å². The fourth-order valence-electron chi connectivity index (χ4n) is 3.33. The number of benzene rings is 2. The molecule has 0 aliphatic carbocycles. The van der Waals surface area contributed by atoms with Gasteiger partial charge in [0.05, 0.1) is 0 Å². The largest absolute Gasteiger partial charge is 0.507 e. The van der Waals surface area contributed by atoms with Crippen molar-refractivity contribution in [2.24, 2.45) is 0 Å². The number of esters is 4. The van der Waals surface area contributed by atoms with Gasteiger partial charge in [-0.1, -0.05) is 6.07 Å². The van der Waals surface area contributed by atoms with Gasteiger partial charge in [0.25, 0.3) is 0 Å². The predicted molar refractivity (Wildman–Crippen MR) is 112 cm³/mol. The number of Topliss-reactive ketones (excluding diaryl/α,β-unsaturated/α-hetero) is 1. The van der Waals surface area contributed by atoms with E-state index in [4.69, 9.17) is 23.7 Å². The summed E-state index contributed by atoms with van der Waals surface area (Å²) in [4.78, 5) is 59.1. The first kappa shape index (κ1) is 24.2. The third-order valence-corrected chi connectivity index (χ3v) is 4.45. The lowest BCUT2D eigenvalue weighted by Crippen LogP contribution is -2.39. The molecule has 2 aromatic carbocycles. The summed E-state index contributed by atoms with van der Waals surface area (Å²) in [6.45, 7) is 4.55. The third-order valence-electron chi connectivity index (χ3n) is 4.45. The standard InChI is InChI=1S/C23H20O11/c1-10(24)30-15-8-16(28)20-19(9-15)34-22(23(21(20)29)33-13(4)27)14-5-6-17(31-11(2)25)18(7-14)32-12(3)26/h5-9,22-23,28H,1-4H3/t22-,23-/m1/s1. The van der Waals surface area contributed by atoms with Crippen molar-refractivity contribution >= 4 is 29.7 Å². The number of ketones is 1. The van der Waals surface area contributed by atoms with Crippen molar-refractivity contribution in [1.82, 2.24) is 0 Å². The number of phenolic OH excluding ortho intramolecular Hbond substituents is 1. The average molecular weight is 472 g/mol. The van der Waals surface area contributed by atoms with E-state index in [0.717, 1.165) is 33.8 Å². The molecule has 3 rings (SSSR count). The summed E-state index contributed by atoms with van der Waals surface area (Å²) in [6, 6.07) is 6.30. The Kier molecular flexibility index (Phi) is 6.85. The van der Waals surface area contributed by atoms with Crippen LogP contribution < -0.4 is 18.9 Å². The minimum atomic E-state index is -1.51. The van der Waals surface area contributed by atoms with E-state index in [9.17, 15) is 29.1 Å². The molecular formula is C23H20O11. The number of hydrogen-bond donors (Lipinski definition) is 1. The lowest BCUT2D eigenvalue weighted by Gasteiger charge is -2.32. The van der Waals surface area contributed by atoms with Crippen LogP contribution in [0.2, 0.25) is 0 Å². The van der Waals surface area contributed by atoms with Crippen molar-refractivity contribution in [1.29, 1.82) is 0 Å². The summed E-state index contributed by atoms with van der Waals surface area (Å²) in [5.41, 5.74) is -0.0510. The Morgan fingerprint density at radius 1 is 0.824 bits per heavy atom. The van der Waals surface area contributed by atoms with E-state index in [2.05, 4.69) is 0 Å². The van der Waals surface area contributed by atoms with Gasteiger partial charge in [-0.05, 0) is 12.1 Å². The van der Waals surface area contributed by atoms with Crippen molar-refractivity contribution in [2.45, 2.75) is 39.9 Å². The van der Waals surface area contributed by atoms with Gasteiger partial charge in [0.1, 0.15) is 22.8 Å². The van der Waals surface area contributed by atoms with Gasteiger partial charge < -0.3 is 28.8 Å². The highest BCUT2D eigenvalue weighted by Gasteiger charge is 2.43. The average Bonchev–Trinajstić information content (AvgIpc) is 2.69. The summed E-state index contributed by atoms with van der Waals surface area (Å²) in [5, 5.41) is 10.4. The highest BCUT2D eigenvalue weighted by atomic mass is 16.6. The summed E-state index contributed by atoms with van der Waals surface area (Å²) in [7, 11) is 0. The number of carbonyl (C=O) groups is 5. The third kappa shape index (κ3) is 5.31. The molecule has 2 atom stereocenters. The minimum Gasteiger partial charge on any atom is -0.507 e. The monoisotopic (exact) mass is 472 g/mol. The van der Waals surface area contributed by atoms with E-state index in [-0.39, 0.29) is 34.1 Å². The highest BCUT2D eigenvalue weighted by Crippen LogP contribution is 2.44. The fourth-order valence-corrected chi connectivity index (χ4v) is 3.33. The zero-order valence-electron chi connectivity index (χ0n) is 18.6. The van der Waals surface area contributed by atoms with Gasteiger partial charge in [0, 0.05) is 45.4 Å². The Morgan fingerprint density at radius 2 is 1.44 bits per heavy atom. The summed E-state index contributed by atoms with van der Waals surface area (Å²) in [6.07, 6.45) is -2.77. The summed E-state index contributed by atoms with van der Waals surface area (Å²) < 4.78 is 26.2. The number of carbonyl (C=O) groups excluding carboxylic acids is 5. The molecule has 1 aliphatic heterocycles. The molecule has 1 N–H and O–H groups in total. The Hall–Kier alpha value is -4.41. The first-order valence-corrected chi connectivity index (χ1v) is 9.90. The molecule has 178 valence electrons. The van der Waals surface area contributed by atoms with Crippen LogP contribution in [0.15, 0.2) is 30.3 Å². The second kappa shape index (κ2) is 9.61. The van der Waals surface area contributed by atoms with Crippen LogP contribution in [0.1, 0.15) is 49.7 Å². The number of fused-ring (bicyclic) bond motifs is 1. The Balaban J connectivity index is 2.12. The van der Waals surface area contributed by atoms with E-state index in [0.29, 0.717) is 0 Å².